The van der Waals surface area contributed by atoms with Crippen LogP contribution < -0.4 is 10.6 Å². The van der Waals surface area contributed by atoms with Crippen molar-refractivity contribution in [1.82, 2.24) is 4.98 Å². The third kappa shape index (κ3) is 3.00. The number of hydrogen-bond donors (Lipinski definition) is 2. The Kier molecular flexibility index (Phi) is 3.87. The second-order valence-corrected chi connectivity index (χ2v) is 5.98. The quantitative estimate of drug-likeness (QED) is 0.824. The summed E-state index contributed by atoms with van der Waals surface area (Å²) in [5.41, 5.74) is 6.03. The summed E-state index contributed by atoms with van der Waals surface area (Å²) in [5, 5.41) is 11.5. The molecule has 0 aromatic carbocycles. The van der Waals surface area contributed by atoms with Crippen LogP contribution in [0.1, 0.15) is 38.4 Å². The van der Waals surface area contributed by atoms with Crippen LogP contribution in [0.3, 0.4) is 0 Å². The largest absolute Gasteiger partial charge is 0.480 e. The minimum absolute atomic E-state index is 0.455. The molecule has 0 spiro atoms. The maximum atomic E-state index is 10.8. The fraction of sp³-hybridized carbons (Fsp3) is 0.667. The van der Waals surface area contributed by atoms with E-state index in [1.54, 1.807) is 5.38 Å². The Hall–Kier alpha value is -1.14. The average Bonchev–Trinajstić information content (AvgIpc) is 3.02. The Morgan fingerprint density at radius 2 is 2.33 bits per heavy atom. The number of aromatic nitrogens is 1. The summed E-state index contributed by atoms with van der Waals surface area (Å²) in [7, 11) is 0. The normalized spacial score (nSPS) is 16.9. The Balaban J connectivity index is 2.13. The van der Waals surface area contributed by atoms with E-state index in [-0.39, 0.29) is 0 Å². The standard InChI is InChI=1S/C12H19N3O2S/c1-7(2)5-15(8-3-4-8)12-14-9(6-18-12)10(13)11(16)17/h6-8,10H,3-5,13H2,1-2H3,(H,16,17). The minimum atomic E-state index is -1.03. The van der Waals surface area contributed by atoms with Gasteiger partial charge in [0, 0.05) is 18.0 Å². The molecule has 1 atom stereocenters. The Labute approximate surface area is 111 Å². The first-order chi connectivity index (χ1) is 8.49. The minimum Gasteiger partial charge on any atom is -0.480 e. The van der Waals surface area contributed by atoms with Crippen LogP contribution in [-0.4, -0.2) is 28.6 Å². The molecule has 1 fully saturated rings. The van der Waals surface area contributed by atoms with Crippen molar-refractivity contribution >= 4 is 22.4 Å². The summed E-state index contributed by atoms with van der Waals surface area (Å²) in [5.74, 6) is -0.472. The van der Waals surface area contributed by atoms with Crippen LogP contribution in [0.15, 0.2) is 5.38 Å². The number of nitrogens with zero attached hydrogens (tertiary/aromatic N) is 2. The number of carbonyl (C=O) groups is 1. The van der Waals surface area contributed by atoms with Gasteiger partial charge in [-0.05, 0) is 18.8 Å². The second kappa shape index (κ2) is 5.24. The van der Waals surface area contributed by atoms with Crippen LogP contribution in [0.25, 0.3) is 0 Å². The molecular weight excluding hydrogens is 250 g/mol. The number of anilines is 1. The molecule has 1 saturated carbocycles. The van der Waals surface area contributed by atoms with Gasteiger partial charge in [0.1, 0.15) is 6.04 Å². The molecule has 1 aliphatic carbocycles. The molecule has 1 unspecified atom stereocenters. The zero-order chi connectivity index (χ0) is 13.3. The van der Waals surface area contributed by atoms with Gasteiger partial charge in [0.2, 0.25) is 0 Å². The Bertz CT molecular complexity index is 429. The molecular formula is C12H19N3O2S. The van der Waals surface area contributed by atoms with Gasteiger partial charge >= 0.3 is 5.97 Å². The van der Waals surface area contributed by atoms with E-state index in [4.69, 9.17) is 10.8 Å². The molecule has 1 aromatic heterocycles. The van der Waals surface area contributed by atoms with Crippen LogP contribution in [0.2, 0.25) is 0 Å². The highest BCUT2D eigenvalue weighted by Crippen LogP contribution is 2.34. The predicted molar refractivity (Wildman–Crippen MR) is 71.9 cm³/mol. The van der Waals surface area contributed by atoms with Crippen molar-refractivity contribution in [3.8, 4) is 0 Å². The van der Waals surface area contributed by atoms with Crippen LogP contribution >= 0.6 is 11.3 Å². The fourth-order valence-electron chi connectivity index (χ4n) is 1.84. The molecule has 1 aliphatic rings. The number of hydrogen-bond acceptors (Lipinski definition) is 5. The first kappa shape index (κ1) is 13.3. The first-order valence-electron chi connectivity index (χ1n) is 6.19. The summed E-state index contributed by atoms with van der Waals surface area (Å²) >= 11 is 1.49. The summed E-state index contributed by atoms with van der Waals surface area (Å²) in [6.45, 7) is 5.31. The van der Waals surface area contributed by atoms with Crippen LogP contribution in [0, 0.1) is 5.92 Å². The van der Waals surface area contributed by atoms with Gasteiger partial charge in [0.25, 0.3) is 0 Å². The number of carboxylic acid groups (broad SMARTS) is 1. The number of thiazole rings is 1. The monoisotopic (exact) mass is 269 g/mol. The molecule has 3 N–H and O–H groups in total. The van der Waals surface area contributed by atoms with Gasteiger partial charge in [0.15, 0.2) is 5.13 Å². The summed E-state index contributed by atoms with van der Waals surface area (Å²) in [6.07, 6.45) is 2.40. The molecule has 0 radical (unpaired) electrons. The molecule has 1 aromatic rings. The van der Waals surface area contributed by atoms with Gasteiger partial charge in [0.05, 0.1) is 5.69 Å². The highest BCUT2D eigenvalue weighted by atomic mass is 32.1. The molecule has 1 heterocycles. The van der Waals surface area contributed by atoms with Crippen LogP contribution in [0.5, 0.6) is 0 Å². The lowest BCUT2D eigenvalue weighted by atomic mass is 10.2. The van der Waals surface area contributed by atoms with Crippen molar-refractivity contribution in [2.45, 2.75) is 38.8 Å². The van der Waals surface area contributed by atoms with E-state index in [9.17, 15) is 4.79 Å². The van der Waals surface area contributed by atoms with Crippen molar-refractivity contribution in [2.24, 2.45) is 11.7 Å². The van der Waals surface area contributed by atoms with Gasteiger partial charge in [-0.2, -0.15) is 0 Å². The Morgan fingerprint density at radius 1 is 1.67 bits per heavy atom. The van der Waals surface area contributed by atoms with Crippen LogP contribution in [0.4, 0.5) is 5.13 Å². The van der Waals surface area contributed by atoms with Crippen molar-refractivity contribution in [1.29, 1.82) is 0 Å². The topological polar surface area (TPSA) is 79.5 Å². The highest BCUT2D eigenvalue weighted by Gasteiger charge is 2.31. The smallest absolute Gasteiger partial charge is 0.326 e. The first-order valence-corrected chi connectivity index (χ1v) is 7.07. The maximum absolute atomic E-state index is 10.8. The van der Waals surface area contributed by atoms with Gasteiger partial charge in [-0.3, -0.25) is 4.79 Å². The zero-order valence-corrected chi connectivity index (χ0v) is 11.5. The molecule has 6 heteroatoms. The van der Waals surface area contributed by atoms with Crippen molar-refractivity contribution in [3.05, 3.63) is 11.1 Å². The van der Waals surface area contributed by atoms with Gasteiger partial charge < -0.3 is 15.7 Å². The SMILES string of the molecule is CC(C)CN(c1nc(C(N)C(=O)O)cs1)C1CC1. The third-order valence-electron chi connectivity index (χ3n) is 2.89. The lowest BCUT2D eigenvalue weighted by Gasteiger charge is -2.23. The van der Waals surface area contributed by atoms with E-state index in [2.05, 4.69) is 23.7 Å². The molecule has 0 amide bonds. The van der Waals surface area contributed by atoms with E-state index < -0.39 is 12.0 Å². The predicted octanol–water partition coefficient (Wildman–Crippen LogP) is 1.85. The van der Waals surface area contributed by atoms with E-state index in [1.165, 1.54) is 24.2 Å². The van der Waals surface area contributed by atoms with Crippen molar-refractivity contribution < 1.29 is 9.90 Å². The van der Waals surface area contributed by atoms with E-state index >= 15 is 0 Å². The highest BCUT2D eigenvalue weighted by molar-refractivity contribution is 7.13. The van der Waals surface area contributed by atoms with Crippen LogP contribution in [-0.2, 0) is 4.79 Å². The summed E-state index contributed by atoms with van der Waals surface area (Å²) in [6, 6.07) is -0.442. The third-order valence-corrected chi connectivity index (χ3v) is 3.79. The number of nitrogens with two attached hydrogens (primary N) is 1. The van der Waals surface area contributed by atoms with E-state index in [0.29, 0.717) is 17.7 Å². The van der Waals surface area contributed by atoms with Gasteiger partial charge in [-0.25, -0.2) is 4.98 Å². The summed E-state index contributed by atoms with van der Waals surface area (Å²) < 4.78 is 0. The van der Waals surface area contributed by atoms with Gasteiger partial charge in [-0.1, -0.05) is 13.8 Å². The molecule has 18 heavy (non-hydrogen) atoms. The summed E-state index contributed by atoms with van der Waals surface area (Å²) in [4.78, 5) is 17.5. The van der Waals surface area contributed by atoms with Crippen molar-refractivity contribution in [3.63, 3.8) is 0 Å². The van der Waals surface area contributed by atoms with Crippen molar-refractivity contribution in [2.75, 3.05) is 11.4 Å². The van der Waals surface area contributed by atoms with E-state index in [1.807, 2.05) is 0 Å². The zero-order valence-electron chi connectivity index (χ0n) is 10.7. The number of rotatable bonds is 6. The molecule has 5 nitrogen and oxygen atoms in total. The number of aliphatic carboxylic acids is 1. The average molecular weight is 269 g/mol. The molecule has 0 saturated heterocycles. The molecule has 0 aliphatic heterocycles. The molecule has 0 bridgehead atoms. The maximum Gasteiger partial charge on any atom is 0.326 e. The Morgan fingerprint density at radius 3 is 2.83 bits per heavy atom. The molecule has 100 valence electrons. The van der Waals surface area contributed by atoms with E-state index in [0.717, 1.165) is 11.7 Å². The number of carboxylic acids is 1. The second-order valence-electron chi connectivity index (χ2n) is 5.15. The molecule has 2 rings (SSSR count). The lowest BCUT2D eigenvalue weighted by Crippen LogP contribution is -2.30. The fourth-order valence-corrected chi connectivity index (χ4v) is 2.78. The lowest BCUT2D eigenvalue weighted by molar-refractivity contribution is -0.138. The van der Waals surface area contributed by atoms with Gasteiger partial charge in [-0.15, -0.1) is 11.3 Å².